The molecule has 1 saturated heterocycles. The predicted octanol–water partition coefficient (Wildman–Crippen LogP) is 4.95. The first-order chi connectivity index (χ1) is 15.5. The zero-order valence-corrected chi connectivity index (χ0v) is 19.1. The summed E-state index contributed by atoms with van der Waals surface area (Å²) < 4.78 is 59.9. The molecular weight excluding hydrogens is 437 g/mol. The number of methoxy groups -OCH3 is 1. The van der Waals surface area contributed by atoms with Gasteiger partial charge in [0.2, 0.25) is 0 Å². The Morgan fingerprint density at radius 2 is 1.79 bits per heavy atom. The molecule has 3 aliphatic rings. The molecule has 180 valence electrons. The lowest BCUT2D eigenvalue weighted by atomic mass is 9.56. The van der Waals surface area contributed by atoms with Crippen molar-refractivity contribution in [1.82, 2.24) is 0 Å². The minimum atomic E-state index is -5.08. The third kappa shape index (κ3) is 3.32. The quantitative estimate of drug-likeness (QED) is 0.464. The first kappa shape index (κ1) is 23.8. The second kappa shape index (κ2) is 8.15. The Morgan fingerprint density at radius 1 is 1.12 bits per heavy atom. The van der Waals surface area contributed by atoms with E-state index in [1.54, 1.807) is 19.9 Å². The molecule has 2 fully saturated rings. The van der Waals surface area contributed by atoms with Gasteiger partial charge in [0.25, 0.3) is 5.60 Å². The Bertz CT molecular complexity index is 959. The number of rotatable bonds is 4. The highest BCUT2D eigenvalue weighted by molar-refractivity contribution is 5.83. The zero-order valence-electron chi connectivity index (χ0n) is 19.1. The van der Waals surface area contributed by atoms with Crippen LogP contribution in [0.5, 0.6) is 0 Å². The number of hydrogen-bond donors (Lipinski definition) is 0. The van der Waals surface area contributed by atoms with Gasteiger partial charge in [0.1, 0.15) is 0 Å². The third-order valence-electron chi connectivity index (χ3n) is 7.95. The molecule has 1 saturated carbocycles. The monoisotopic (exact) mass is 466 g/mol. The van der Waals surface area contributed by atoms with Crippen LogP contribution in [0.1, 0.15) is 45.6 Å². The van der Waals surface area contributed by atoms with Gasteiger partial charge in [-0.15, -0.1) is 0 Å². The Kier molecular flexibility index (Phi) is 5.88. The van der Waals surface area contributed by atoms with Crippen LogP contribution in [0.3, 0.4) is 0 Å². The molecule has 8 heteroatoms. The zero-order chi connectivity index (χ0) is 24.2. The van der Waals surface area contributed by atoms with Crippen molar-refractivity contribution < 1.29 is 37.0 Å². The van der Waals surface area contributed by atoms with Crippen LogP contribution < -0.4 is 0 Å². The van der Waals surface area contributed by atoms with Crippen LogP contribution in [0.4, 0.5) is 13.2 Å². The average Bonchev–Trinajstić information content (AvgIpc) is 3.01. The van der Waals surface area contributed by atoms with Gasteiger partial charge in [-0.3, -0.25) is 4.79 Å². The number of benzene rings is 1. The molecule has 0 unspecified atom stereocenters. The largest absolute Gasteiger partial charge is 0.454 e. The normalized spacial score (nSPS) is 35.5. The van der Waals surface area contributed by atoms with Crippen molar-refractivity contribution >= 4 is 11.9 Å². The van der Waals surface area contributed by atoms with Gasteiger partial charge in [-0.2, -0.15) is 13.2 Å². The lowest BCUT2D eigenvalue weighted by Crippen LogP contribution is -2.62. The SMILES string of the molecule is CO[C@](C(=O)O[C@@H]1C(C)=CC[C@H]2[C@H](C)CC[C@H]3[C@@H](C)C(=O)O[C@@]123)(c1ccccc1)C(F)(F)F. The van der Waals surface area contributed by atoms with Gasteiger partial charge in [0.15, 0.2) is 11.7 Å². The van der Waals surface area contributed by atoms with E-state index in [0.717, 1.165) is 13.5 Å². The van der Waals surface area contributed by atoms with Crippen molar-refractivity contribution in [1.29, 1.82) is 0 Å². The molecule has 1 spiro atoms. The molecule has 0 bridgehead atoms. The summed E-state index contributed by atoms with van der Waals surface area (Å²) in [7, 11) is 0.843. The lowest BCUT2D eigenvalue weighted by Gasteiger charge is -2.53. The topological polar surface area (TPSA) is 61.8 Å². The summed E-state index contributed by atoms with van der Waals surface area (Å²) in [4.78, 5) is 26.1. The first-order valence-corrected chi connectivity index (χ1v) is 11.3. The molecule has 5 nitrogen and oxygen atoms in total. The fourth-order valence-electron chi connectivity index (χ4n) is 6.21. The van der Waals surface area contributed by atoms with Gasteiger partial charge < -0.3 is 14.2 Å². The summed E-state index contributed by atoms with van der Waals surface area (Å²) in [6.45, 7) is 5.53. The molecule has 0 amide bonds. The van der Waals surface area contributed by atoms with E-state index in [1.807, 2.05) is 13.0 Å². The van der Waals surface area contributed by atoms with Crippen molar-refractivity contribution in [2.45, 2.75) is 63.5 Å². The van der Waals surface area contributed by atoms with Crippen molar-refractivity contribution in [3.8, 4) is 0 Å². The smallest absolute Gasteiger partial charge is 0.432 e. The first-order valence-electron chi connectivity index (χ1n) is 11.3. The van der Waals surface area contributed by atoms with E-state index < -0.39 is 41.3 Å². The fourth-order valence-corrected chi connectivity index (χ4v) is 6.21. The third-order valence-corrected chi connectivity index (χ3v) is 7.95. The summed E-state index contributed by atoms with van der Waals surface area (Å²) in [6.07, 6.45) is -2.15. The lowest BCUT2D eigenvalue weighted by molar-refractivity contribution is -0.282. The molecule has 7 atom stereocenters. The van der Waals surface area contributed by atoms with Crippen LogP contribution in [-0.4, -0.2) is 36.9 Å². The summed E-state index contributed by atoms with van der Waals surface area (Å²) in [6, 6.07) is 6.73. The summed E-state index contributed by atoms with van der Waals surface area (Å²) >= 11 is 0. The second-order valence-corrected chi connectivity index (χ2v) is 9.55. The van der Waals surface area contributed by atoms with Gasteiger partial charge in [0.05, 0.1) is 5.92 Å². The number of allylic oxidation sites excluding steroid dienone is 1. The fraction of sp³-hybridized carbons (Fsp3) is 0.600. The highest BCUT2D eigenvalue weighted by atomic mass is 19.4. The van der Waals surface area contributed by atoms with Crippen LogP contribution in [0.15, 0.2) is 42.0 Å². The number of ether oxygens (including phenoxy) is 3. The Labute approximate surface area is 191 Å². The van der Waals surface area contributed by atoms with Gasteiger partial charge >= 0.3 is 18.1 Å². The number of hydrogen-bond acceptors (Lipinski definition) is 5. The van der Waals surface area contributed by atoms with Crippen molar-refractivity contribution in [2.24, 2.45) is 23.7 Å². The molecule has 0 aromatic heterocycles. The van der Waals surface area contributed by atoms with Crippen molar-refractivity contribution in [2.75, 3.05) is 7.11 Å². The molecule has 0 radical (unpaired) electrons. The number of carbonyl (C=O) groups is 2. The second-order valence-electron chi connectivity index (χ2n) is 9.55. The van der Waals surface area contributed by atoms with E-state index in [0.29, 0.717) is 18.4 Å². The summed E-state index contributed by atoms with van der Waals surface area (Å²) in [5.41, 5.74) is -4.27. The number of halogens is 3. The molecule has 1 aromatic rings. The van der Waals surface area contributed by atoms with E-state index >= 15 is 0 Å². The molecule has 1 aromatic carbocycles. The van der Waals surface area contributed by atoms with Crippen LogP contribution in [0, 0.1) is 23.7 Å². The molecule has 1 heterocycles. The van der Waals surface area contributed by atoms with Crippen LogP contribution in [0.25, 0.3) is 0 Å². The maximum Gasteiger partial charge on any atom is 0.432 e. The van der Waals surface area contributed by atoms with E-state index in [2.05, 4.69) is 0 Å². The minimum Gasteiger partial charge on any atom is -0.454 e. The Hall–Kier alpha value is -2.35. The van der Waals surface area contributed by atoms with Gasteiger partial charge in [-0.05, 0) is 37.7 Å². The molecule has 1 aliphatic heterocycles. The summed E-state index contributed by atoms with van der Waals surface area (Å²) in [5.74, 6) is -2.61. The van der Waals surface area contributed by atoms with Crippen LogP contribution in [0.2, 0.25) is 0 Å². The molecule has 2 aliphatic carbocycles. The number of carbonyl (C=O) groups excluding carboxylic acids is 2. The van der Waals surface area contributed by atoms with Gasteiger partial charge in [-0.1, -0.05) is 50.3 Å². The summed E-state index contributed by atoms with van der Waals surface area (Å²) in [5, 5.41) is 0. The molecule has 33 heavy (non-hydrogen) atoms. The predicted molar refractivity (Wildman–Crippen MR) is 113 cm³/mol. The molecular formula is C25H29F3O5. The van der Waals surface area contributed by atoms with Gasteiger partial charge in [-0.25, -0.2) is 4.79 Å². The minimum absolute atomic E-state index is 0.147. The maximum atomic E-state index is 14.4. The van der Waals surface area contributed by atoms with Crippen LogP contribution >= 0.6 is 0 Å². The highest BCUT2D eigenvalue weighted by Crippen LogP contribution is 2.58. The number of alkyl halides is 3. The van der Waals surface area contributed by atoms with Crippen molar-refractivity contribution in [3.05, 3.63) is 47.5 Å². The van der Waals surface area contributed by atoms with Crippen molar-refractivity contribution in [3.63, 3.8) is 0 Å². The standard InChI is InChI=1S/C25H29F3O5/c1-14-10-13-19-16(3)21(29)33-23(19)18(14)12-11-15(2)20(23)32-22(30)24(31-4,25(26,27)28)17-8-6-5-7-9-17/h5-9,11,14,16,18-20H,10,12-13H2,1-4H3/t14-,16-,18+,19+,20-,23+,24+/m1/s1. The van der Waals surface area contributed by atoms with E-state index in [-0.39, 0.29) is 23.3 Å². The maximum absolute atomic E-state index is 14.4. The van der Waals surface area contributed by atoms with E-state index in [1.165, 1.54) is 24.3 Å². The molecule has 4 rings (SSSR count). The Morgan fingerprint density at radius 3 is 2.39 bits per heavy atom. The van der Waals surface area contributed by atoms with E-state index in [4.69, 9.17) is 14.2 Å². The van der Waals surface area contributed by atoms with Crippen LogP contribution in [-0.2, 0) is 29.4 Å². The Balaban J connectivity index is 1.80. The van der Waals surface area contributed by atoms with Gasteiger partial charge in [0, 0.05) is 24.5 Å². The van der Waals surface area contributed by atoms with E-state index in [9.17, 15) is 22.8 Å². The average molecular weight is 466 g/mol. The molecule has 0 N–H and O–H groups in total. The number of esters is 2. The highest BCUT2D eigenvalue weighted by Gasteiger charge is 2.69.